The van der Waals surface area contributed by atoms with Crippen molar-refractivity contribution in [3.05, 3.63) is 94.8 Å². The minimum absolute atomic E-state index is 0.256. The maximum absolute atomic E-state index is 12.7. The molecule has 3 aromatic rings. The Morgan fingerprint density at radius 2 is 1.74 bits per heavy atom. The predicted molar refractivity (Wildman–Crippen MR) is 133 cm³/mol. The summed E-state index contributed by atoms with van der Waals surface area (Å²) in [5, 5.41) is 3.22. The number of piperazine rings is 1. The van der Waals surface area contributed by atoms with Crippen LogP contribution in [0.5, 0.6) is 0 Å². The number of hydrogen-bond donors (Lipinski definition) is 1. The average Bonchev–Trinajstić information content (AvgIpc) is 2.85. The van der Waals surface area contributed by atoms with E-state index in [9.17, 15) is 18.0 Å². The molecule has 4 rings (SSSR count). The molecule has 2 heterocycles. The van der Waals surface area contributed by atoms with Gasteiger partial charge in [0.05, 0.1) is 16.9 Å². The summed E-state index contributed by atoms with van der Waals surface area (Å²) in [5.41, 5.74) is 2.19. The van der Waals surface area contributed by atoms with E-state index in [-0.39, 0.29) is 11.1 Å². The molecule has 0 bridgehead atoms. The van der Waals surface area contributed by atoms with Crippen molar-refractivity contribution in [2.24, 2.45) is 0 Å². The molecule has 0 radical (unpaired) electrons. The molecule has 0 atom stereocenters. The molecule has 0 saturated carbocycles. The minimum atomic E-state index is -4.32. The molecule has 5 nitrogen and oxygen atoms in total. The zero-order valence-electron chi connectivity index (χ0n) is 18.8. The third-order valence-corrected chi connectivity index (χ3v) is 5.97. The molecule has 9 heteroatoms. The van der Waals surface area contributed by atoms with Crippen molar-refractivity contribution < 1.29 is 18.0 Å². The SMILES string of the molecule is O=C(Nc1ccccc1N1CCN(C/C=C/c2ccc(C(F)(F)F)cc2)CC1)c1ccnc(Cl)c1. The van der Waals surface area contributed by atoms with E-state index in [1.54, 1.807) is 6.07 Å². The van der Waals surface area contributed by atoms with Crippen molar-refractivity contribution in [3.63, 3.8) is 0 Å². The second-order valence-corrected chi connectivity index (χ2v) is 8.54. The van der Waals surface area contributed by atoms with Crippen LogP contribution in [-0.4, -0.2) is 48.5 Å². The fourth-order valence-corrected chi connectivity index (χ4v) is 4.06. The third-order valence-electron chi connectivity index (χ3n) is 5.77. The summed E-state index contributed by atoms with van der Waals surface area (Å²) in [6.07, 6.45) is 0.972. The second kappa shape index (κ2) is 10.9. The number of benzene rings is 2. The number of pyridine rings is 1. The highest BCUT2D eigenvalue weighted by Gasteiger charge is 2.29. The van der Waals surface area contributed by atoms with E-state index < -0.39 is 11.7 Å². The summed E-state index contributed by atoms with van der Waals surface area (Å²) in [5.74, 6) is -0.256. The number of rotatable bonds is 6. The highest BCUT2D eigenvalue weighted by molar-refractivity contribution is 6.29. The summed E-state index contributed by atoms with van der Waals surface area (Å²) in [6, 6.07) is 15.9. The van der Waals surface area contributed by atoms with Gasteiger partial charge in [0.25, 0.3) is 5.91 Å². The number of amides is 1. The first-order valence-corrected chi connectivity index (χ1v) is 11.5. The zero-order chi connectivity index (χ0) is 24.8. The second-order valence-electron chi connectivity index (χ2n) is 8.15. The molecule has 0 aliphatic carbocycles. The number of aromatic nitrogens is 1. The molecular formula is C26H24ClF3N4O. The lowest BCUT2D eigenvalue weighted by Crippen LogP contribution is -2.46. The van der Waals surface area contributed by atoms with Crippen LogP contribution >= 0.6 is 11.6 Å². The Balaban J connectivity index is 1.32. The van der Waals surface area contributed by atoms with Gasteiger partial charge in [0.1, 0.15) is 5.15 Å². The van der Waals surface area contributed by atoms with Crippen molar-refractivity contribution in [3.8, 4) is 0 Å². The van der Waals surface area contributed by atoms with Crippen LogP contribution in [-0.2, 0) is 6.18 Å². The molecule has 0 unspecified atom stereocenters. The van der Waals surface area contributed by atoms with Gasteiger partial charge in [-0.05, 0) is 42.0 Å². The number of anilines is 2. The van der Waals surface area contributed by atoms with E-state index in [0.29, 0.717) is 12.1 Å². The first-order chi connectivity index (χ1) is 16.8. The topological polar surface area (TPSA) is 48.5 Å². The normalized spacial score (nSPS) is 14.9. The van der Waals surface area contributed by atoms with Crippen molar-refractivity contribution >= 4 is 35.0 Å². The molecule has 1 aliphatic heterocycles. The number of halogens is 4. The maximum atomic E-state index is 12.7. The fraction of sp³-hybridized carbons (Fsp3) is 0.231. The summed E-state index contributed by atoms with van der Waals surface area (Å²) in [7, 11) is 0. The summed E-state index contributed by atoms with van der Waals surface area (Å²) in [4.78, 5) is 21.1. The zero-order valence-corrected chi connectivity index (χ0v) is 19.6. The van der Waals surface area contributed by atoms with Gasteiger partial charge < -0.3 is 10.2 Å². The average molecular weight is 501 g/mol. The van der Waals surface area contributed by atoms with Crippen LogP contribution in [0.2, 0.25) is 5.15 Å². The molecular weight excluding hydrogens is 477 g/mol. The molecule has 1 N–H and O–H groups in total. The van der Waals surface area contributed by atoms with Gasteiger partial charge >= 0.3 is 6.18 Å². The Hall–Kier alpha value is -3.36. The third kappa shape index (κ3) is 6.61. The predicted octanol–water partition coefficient (Wildman–Crippen LogP) is 5.84. The Bertz CT molecular complexity index is 1190. The van der Waals surface area contributed by atoms with E-state index >= 15 is 0 Å². The highest BCUT2D eigenvalue weighted by Crippen LogP contribution is 2.29. The lowest BCUT2D eigenvalue weighted by atomic mass is 10.1. The van der Waals surface area contributed by atoms with Crippen LogP contribution in [0.1, 0.15) is 21.5 Å². The Labute approximate surface area is 206 Å². The van der Waals surface area contributed by atoms with Gasteiger partial charge in [-0.2, -0.15) is 13.2 Å². The molecule has 0 spiro atoms. The summed E-state index contributed by atoms with van der Waals surface area (Å²) in [6.45, 7) is 3.90. The molecule has 1 aromatic heterocycles. The number of nitrogens with zero attached hydrogens (tertiary/aromatic N) is 3. The van der Waals surface area contributed by atoms with Crippen molar-refractivity contribution in [2.75, 3.05) is 42.9 Å². The van der Waals surface area contributed by atoms with Gasteiger partial charge in [-0.15, -0.1) is 0 Å². The standard InChI is InChI=1S/C26H24ClF3N4O/c27-24-18-20(11-12-31-24)25(35)32-22-5-1-2-6-23(22)34-16-14-33(15-17-34)13-3-4-19-7-9-21(10-8-19)26(28,29)30/h1-12,18H,13-17H2,(H,32,35)/b4-3+. The molecule has 35 heavy (non-hydrogen) atoms. The number of alkyl halides is 3. The van der Waals surface area contributed by atoms with Crippen molar-refractivity contribution in [2.45, 2.75) is 6.18 Å². The van der Waals surface area contributed by atoms with Gasteiger partial charge in [0.2, 0.25) is 0 Å². The van der Waals surface area contributed by atoms with E-state index in [2.05, 4.69) is 20.1 Å². The number of carbonyl (C=O) groups excluding carboxylic acids is 1. The van der Waals surface area contributed by atoms with E-state index in [1.807, 2.05) is 36.4 Å². The first-order valence-electron chi connectivity index (χ1n) is 11.1. The van der Waals surface area contributed by atoms with E-state index in [4.69, 9.17) is 11.6 Å². The van der Waals surface area contributed by atoms with Gasteiger partial charge in [-0.1, -0.05) is 48.0 Å². The molecule has 1 saturated heterocycles. The minimum Gasteiger partial charge on any atom is -0.367 e. The molecule has 1 fully saturated rings. The van der Waals surface area contributed by atoms with Gasteiger partial charge in [0, 0.05) is 44.5 Å². The Kier molecular flexibility index (Phi) is 7.73. The summed E-state index contributed by atoms with van der Waals surface area (Å²) < 4.78 is 38.1. The Morgan fingerprint density at radius 1 is 1.03 bits per heavy atom. The van der Waals surface area contributed by atoms with Gasteiger partial charge in [-0.3, -0.25) is 9.69 Å². The Morgan fingerprint density at radius 3 is 2.43 bits per heavy atom. The monoisotopic (exact) mass is 500 g/mol. The quantitative estimate of drug-likeness (QED) is 0.432. The smallest absolute Gasteiger partial charge is 0.367 e. The largest absolute Gasteiger partial charge is 0.416 e. The molecule has 1 aliphatic rings. The molecule has 1 amide bonds. The van der Waals surface area contributed by atoms with Gasteiger partial charge in [0.15, 0.2) is 0 Å². The number of hydrogen-bond acceptors (Lipinski definition) is 4. The van der Waals surface area contributed by atoms with Crippen molar-refractivity contribution in [1.82, 2.24) is 9.88 Å². The van der Waals surface area contributed by atoms with Gasteiger partial charge in [-0.25, -0.2) is 4.98 Å². The van der Waals surface area contributed by atoms with Crippen LogP contribution in [0.25, 0.3) is 6.08 Å². The van der Waals surface area contributed by atoms with Crippen LogP contribution in [0, 0.1) is 0 Å². The highest BCUT2D eigenvalue weighted by atomic mass is 35.5. The van der Waals surface area contributed by atoms with Crippen LogP contribution in [0.4, 0.5) is 24.5 Å². The number of nitrogens with one attached hydrogen (secondary N) is 1. The van der Waals surface area contributed by atoms with E-state index in [0.717, 1.165) is 55.2 Å². The maximum Gasteiger partial charge on any atom is 0.416 e. The molecule has 182 valence electrons. The molecule has 2 aromatic carbocycles. The van der Waals surface area contributed by atoms with E-state index in [1.165, 1.54) is 24.4 Å². The number of carbonyl (C=O) groups is 1. The first kappa shape index (κ1) is 24.8. The van der Waals surface area contributed by atoms with Crippen LogP contribution in [0.3, 0.4) is 0 Å². The fourth-order valence-electron chi connectivity index (χ4n) is 3.89. The summed E-state index contributed by atoms with van der Waals surface area (Å²) >= 11 is 5.90. The van der Waals surface area contributed by atoms with Crippen LogP contribution < -0.4 is 10.2 Å². The lowest BCUT2D eigenvalue weighted by molar-refractivity contribution is -0.137. The number of para-hydroxylation sites is 2. The van der Waals surface area contributed by atoms with Crippen LogP contribution in [0.15, 0.2) is 72.9 Å². The lowest BCUT2D eigenvalue weighted by Gasteiger charge is -2.36. The van der Waals surface area contributed by atoms with Crippen molar-refractivity contribution in [1.29, 1.82) is 0 Å².